The standard InChI is InChI=1S/C9H18ClNO/c1-4-8(5-2)7(3)11-9(12)6-10/h7-8H,4-6H2,1-3H3,(H,11,12). The largest absolute Gasteiger partial charge is 0.352 e. The van der Waals surface area contributed by atoms with Crippen molar-refractivity contribution in [2.24, 2.45) is 5.92 Å². The van der Waals surface area contributed by atoms with Crippen LogP contribution in [0.2, 0.25) is 0 Å². The van der Waals surface area contributed by atoms with Crippen LogP contribution in [0.3, 0.4) is 0 Å². The molecular weight excluding hydrogens is 174 g/mol. The highest BCUT2D eigenvalue weighted by molar-refractivity contribution is 6.27. The topological polar surface area (TPSA) is 29.1 Å². The second-order valence-corrected chi connectivity index (χ2v) is 3.33. The third kappa shape index (κ3) is 3.96. The Kier molecular flexibility index (Phi) is 6.17. The highest BCUT2D eigenvalue weighted by Crippen LogP contribution is 2.12. The first-order chi connectivity index (χ1) is 5.65. The normalized spacial score (nSPS) is 13.1. The number of alkyl halides is 1. The fourth-order valence-corrected chi connectivity index (χ4v) is 1.48. The van der Waals surface area contributed by atoms with Gasteiger partial charge in [0.1, 0.15) is 5.88 Å². The molecule has 2 nitrogen and oxygen atoms in total. The molecule has 0 saturated carbocycles. The third-order valence-corrected chi connectivity index (χ3v) is 2.51. The molecule has 1 atom stereocenters. The zero-order valence-corrected chi connectivity index (χ0v) is 8.82. The highest BCUT2D eigenvalue weighted by Gasteiger charge is 2.14. The Hall–Kier alpha value is -0.240. The van der Waals surface area contributed by atoms with Crippen molar-refractivity contribution in [3.05, 3.63) is 0 Å². The predicted octanol–water partition coefficient (Wildman–Crippen LogP) is 2.17. The fourth-order valence-electron chi connectivity index (χ4n) is 1.41. The van der Waals surface area contributed by atoms with Gasteiger partial charge in [0.15, 0.2) is 0 Å². The van der Waals surface area contributed by atoms with Crippen molar-refractivity contribution >= 4 is 17.5 Å². The number of hydrogen-bond donors (Lipinski definition) is 1. The molecule has 1 N–H and O–H groups in total. The molecule has 0 radical (unpaired) electrons. The van der Waals surface area contributed by atoms with Crippen molar-refractivity contribution in [2.45, 2.75) is 39.7 Å². The maximum Gasteiger partial charge on any atom is 0.235 e. The van der Waals surface area contributed by atoms with Gasteiger partial charge in [-0.3, -0.25) is 4.79 Å². The Balaban J connectivity index is 3.83. The predicted molar refractivity (Wildman–Crippen MR) is 52.4 cm³/mol. The molecule has 0 fully saturated rings. The molecule has 1 amide bonds. The van der Waals surface area contributed by atoms with Gasteiger partial charge in [0, 0.05) is 6.04 Å². The third-order valence-electron chi connectivity index (χ3n) is 2.27. The molecule has 0 spiro atoms. The quantitative estimate of drug-likeness (QED) is 0.664. The smallest absolute Gasteiger partial charge is 0.235 e. The van der Waals surface area contributed by atoms with Crippen LogP contribution in [-0.2, 0) is 4.79 Å². The van der Waals surface area contributed by atoms with E-state index in [0.29, 0.717) is 5.92 Å². The molecule has 72 valence electrons. The molecule has 0 aromatic carbocycles. The summed E-state index contributed by atoms with van der Waals surface area (Å²) in [6, 6.07) is 0.242. The first-order valence-electron chi connectivity index (χ1n) is 4.51. The number of hydrogen-bond acceptors (Lipinski definition) is 1. The Morgan fingerprint density at radius 1 is 1.42 bits per heavy atom. The number of carbonyl (C=O) groups excluding carboxylic acids is 1. The SMILES string of the molecule is CCC(CC)C(C)NC(=O)CCl. The lowest BCUT2D eigenvalue weighted by atomic mass is 9.95. The minimum Gasteiger partial charge on any atom is -0.352 e. The van der Waals surface area contributed by atoms with E-state index >= 15 is 0 Å². The van der Waals surface area contributed by atoms with Gasteiger partial charge >= 0.3 is 0 Å². The van der Waals surface area contributed by atoms with Gasteiger partial charge in [0.2, 0.25) is 5.91 Å². The van der Waals surface area contributed by atoms with Gasteiger partial charge in [-0.15, -0.1) is 11.6 Å². The van der Waals surface area contributed by atoms with Crippen molar-refractivity contribution in [3.63, 3.8) is 0 Å². The van der Waals surface area contributed by atoms with Crippen LogP contribution in [0.5, 0.6) is 0 Å². The second-order valence-electron chi connectivity index (χ2n) is 3.07. The molecule has 0 aliphatic rings. The van der Waals surface area contributed by atoms with Crippen LogP contribution in [0, 0.1) is 5.92 Å². The molecule has 0 heterocycles. The molecule has 1 unspecified atom stereocenters. The van der Waals surface area contributed by atoms with Crippen LogP contribution in [0.25, 0.3) is 0 Å². The van der Waals surface area contributed by atoms with Gasteiger partial charge in [-0.1, -0.05) is 26.7 Å². The van der Waals surface area contributed by atoms with E-state index < -0.39 is 0 Å². The van der Waals surface area contributed by atoms with Crippen LogP contribution in [0.4, 0.5) is 0 Å². The van der Waals surface area contributed by atoms with E-state index in [-0.39, 0.29) is 17.8 Å². The van der Waals surface area contributed by atoms with Crippen molar-refractivity contribution in [1.82, 2.24) is 5.32 Å². The summed E-state index contributed by atoms with van der Waals surface area (Å²) < 4.78 is 0. The molecule has 12 heavy (non-hydrogen) atoms. The number of rotatable bonds is 5. The maximum absolute atomic E-state index is 10.9. The van der Waals surface area contributed by atoms with E-state index in [9.17, 15) is 4.79 Å². The average Bonchev–Trinajstić information content (AvgIpc) is 2.06. The van der Waals surface area contributed by atoms with E-state index in [1.54, 1.807) is 0 Å². The van der Waals surface area contributed by atoms with E-state index in [0.717, 1.165) is 12.8 Å². The summed E-state index contributed by atoms with van der Waals surface area (Å²) in [5, 5.41) is 2.86. The highest BCUT2D eigenvalue weighted by atomic mass is 35.5. The lowest BCUT2D eigenvalue weighted by Gasteiger charge is -2.21. The Bertz CT molecular complexity index is 134. The first kappa shape index (κ1) is 11.8. The Labute approximate surface area is 79.7 Å². The summed E-state index contributed by atoms with van der Waals surface area (Å²) in [6.45, 7) is 6.30. The molecule has 0 aliphatic carbocycles. The Morgan fingerprint density at radius 2 is 1.92 bits per heavy atom. The van der Waals surface area contributed by atoms with Crippen molar-refractivity contribution in [1.29, 1.82) is 0 Å². The Morgan fingerprint density at radius 3 is 2.25 bits per heavy atom. The van der Waals surface area contributed by atoms with E-state index in [1.807, 2.05) is 6.92 Å². The molecule has 0 rings (SSSR count). The van der Waals surface area contributed by atoms with E-state index in [2.05, 4.69) is 19.2 Å². The van der Waals surface area contributed by atoms with Crippen molar-refractivity contribution in [2.75, 3.05) is 5.88 Å². The maximum atomic E-state index is 10.9. The van der Waals surface area contributed by atoms with Crippen LogP contribution in [-0.4, -0.2) is 17.8 Å². The number of nitrogens with one attached hydrogen (secondary N) is 1. The average molecular weight is 192 g/mol. The second kappa shape index (κ2) is 6.30. The van der Waals surface area contributed by atoms with Crippen molar-refractivity contribution < 1.29 is 4.79 Å². The molecule has 3 heteroatoms. The van der Waals surface area contributed by atoms with E-state index in [4.69, 9.17) is 11.6 Å². The van der Waals surface area contributed by atoms with Crippen LogP contribution in [0.1, 0.15) is 33.6 Å². The molecule has 0 bridgehead atoms. The van der Waals surface area contributed by atoms with Crippen LogP contribution in [0.15, 0.2) is 0 Å². The summed E-state index contributed by atoms with van der Waals surface area (Å²) >= 11 is 5.38. The van der Waals surface area contributed by atoms with Crippen LogP contribution >= 0.6 is 11.6 Å². The lowest BCUT2D eigenvalue weighted by molar-refractivity contribution is -0.119. The molecule has 0 aromatic rings. The van der Waals surface area contributed by atoms with Gasteiger partial charge in [-0.2, -0.15) is 0 Å². The number of amides is 1. The van der Waals surface area contributed by atoms with Gasteiger partial charge in [0.25, 0.3) is 0 Å². The molecule has 0 aromatic heterocycles. The summed E-state index contributed by atoms with van der Waals surface area (Å²) in [5.41, 5.74) is 0. The van der Waals surface area contributed by atoms with Crippen LogP contribution < -0.4 is 5.32 Å². The number of halogens is 1. The monoisotopic (exact) mass is 191 g/mol. The lowest BCUT2D eigenvalue weighted by Crippen LogP contribution is -2.38. The number of carbonyl (C=O) groups is 1. The summed E-state index contributed by atoms with van der Waals surface area (Å²) in [5.74, 6) is 0.554. The molecule has 0 aliphatic heterocycles. The zero-order chi connectivity index (χ0) is 9.56. The summed E-state index contributed by atoms with van der Waals surface area (Å²) in [4.78, 5) is 10.9. The molecular formula is C9H18ClNO. The minimum absolute atomic E-state index is 0.0600. The minimum atomic E-state index is -0.0731. The molecule has 0 saturated heterocycles. The summed E-state index contributed by atoms with van der Waals surface area (Å²) in [6.07, 6.45) is 2.19. The zero-order valence-electron chi connectivity index (χ0n) is 8.06. The van der Waals surface area contributed by atoms with Gasteiger partial charge < -0.3 is 5.32 Å². The summed E-state index contributed by atoms with van der Waals surface area (Å²) in [7, 11) is 0. The van der Waals surface area contributed by atoms with Gasteiger partial charge in [-0.05, 0) is 12.8 Å². The fraction of sp³-hybridized carbons (Fsp3) is 0.889. The van der Waals surface area contributed by atoms with Gasteiger partial charge in [0.05, 0.1) is 0 Å². The van der Waals surface area contributed by atoms with Crippen molar-refractivity contribution in [3.8, 4) is 0 Å². The first-order valence-corrected chi connectivity index (χ1v) is 5.04. The van der Waals surface area contributed by atoms with E-state index in [1.165, 1.54) is 0 Å². The van der Waals surface area contributed by atoms with Gasteiger partial charge in [-0.25, -0.2) is 0 Å².